The Morgan fingerprint density at radius 3 is 2.40 bits per heavy atom. The fourth-order valence-corrected chi connectivity index (χ4v) is 2.79. The van der Waals surface area contributed by atoms with Crippen molar-refractivity contribution < 1.29 is 14.4 Å². The highest BCUT2D eigenvalue weighted by atomic mass is 16.5. The van der Waals surface area contributed by atoms with Gasteiger partial charge in [-0.3, -0.25) is 4.79 Å². The van der Waals surface area contributed by atoms with Crippen LogP contribution in [-0.4, -0.2) is 26.1 Å². The van der Waals surface area contributed by atoms with Crippen molar-refractivity contribution in [1.82, 2.24) is 0 Å². The molecule has 1 amide bonds. The molecule has 2 aromatic rings. The van der Waals surface area contributed by atoms with Crippen LogP contribution in [0.1, 0.15) is 37.8 Å². The second kappa shape index (κ2) is 9.23. The van der Waals surface area contributed by atoms with Gasteiger partial charge in [-0.25, -0.2) is 0 Å². The summed E-state index contributed by atoms with van der Waals surface area (Å²) in [5.74, 6) is 1.22. The molecule has 0 aliphatic heterocycles. The zero-order valence-electron chi connectivity index (χ0n) is 15.6. The van der Waals surface area contributed by atoms with Gasteiger partial charge in [-0.05, 0) is 30.5 Å². The summed E-state index contributed by atoms with van der Waals surface area (Å²) >= 11 is 0. The molecule has 25 heavy (non-hydrogen) atoms. The summed E-state index contributed by atoms with van der Waals surface area (Å²) in [7, 11) is 1.61. The van der Waals surface area contributed by atoms with Crippen LogP contribution in [-0.2, 0) is 11.3 Å². The van der Waals surface area contributed by atoms with Gasteiger partial charge in [0, 0.05) is 5.56 Å². The molecule has 0 aliphatic rings. The van der Waals surface area contributed by atoms with Gasteiger partial charge in [0.05, 0.1) is 19.3 Å². The lowest BCUT2D eigenvalue weighted by atomic mass is 10.0. The predicted octanol–water partition coefficient (Wildman–Crippen LogP) is 2.86. The number of hydrogen-bond donors (Lipinski definition) is 2. The van der Waals surface area contributed by atoms with E-state index in [0.29, 0.717) is 23.9 Å². The smallest absolute Gasteiger partial charge is 0.279 e. The average Bonchev–Trinajstić information content (AvgIpc) is 2.62. The van der Waals surface area contributed by atoms with Gasteiger partial charge in [-0.2, -0.15) is 0 Å². The van der Waals surface area contributed by atoms with Crippen LogP contribution in [0.2, 0.25) is 0 Å². The standard InChI is InChI=1S/C21H28N2O2/c1-5-23(14-17-10-12-18(13-11-17)16(2)3)15-21(24)22-19-8-6-7-9-20(19)25-4/h6-13,16H,5,14-15H2,1-4H3,(H,22,24)/p+1. The Kier molecular flexibility index (Phi) is 7.02. The number of ether oxygens (including phenoxy) is 1. The highest BCUT2D eigenvalue weighted by Gasteiger charge is 2.15. The fourth-order valence-electron chi connectivity index (χ4n) is 2.79. The van der Waals surface area contributed by atoms with Crippen molar-refractivity contribution in [2.75, 3.05) is 25.5 Å². The van der Waals surface area contributed by atoms with Crippen molar-refractivity contribution in [2.45, 2.75) is 33.2 Å². The van der Waals surface area contributed by atoms with Gasteiger partial charge in [-0.15, -0.1) is 0 Å². The van der Waals surface area contributed by atoms with Gasteiger partial charge in [0.2, 0.25) is 0 Å². The summed E-state index contributed by atoms with van der Waals surface area (Å²) < 4.78 is 5.28. The van der Waals surface area contributed by atoms with E-state index in [0.717, 1.165) is 13.1 Å². The summed E-state index contributed by atoms with van der Waals surface area (Å²) in [5.41, 5.74) is 3.31. The lowest BCUT2D eigenvalue weighted by Gasteiger charge is -2.18. The zero-order valence-corrected chi connectivity index (χ0v) is 15.6. The van der Waals surface area contributed by atoms with Crippen LogP contribution < -0.4 is 15.0 Å². The molecule has 4 heteroatoms. The average molecular weight is 341 g/mol. The molecular formula is C21H29N2O2+. The van der Waals surface area contributed by atoms with E-state index in [9.17, 15) is 4.79 Å². The maximum atomic E-state index is 12.4. The summed E-state index contributed by atoms with van der Waals surface area (Å²) in [6.07, 6.45) is 0. The molecule has 0 saturated carbocycles. The fraction of sp³-hybridized carbons (Fsp3) is 0.381. The Morgan fingerprint density at radius 2 is 1.80 bits per heavy atom. The molecular weight excluding hydrogens is 312 g/mol. The first-order valence-corrected chi connectivity index (χ1v) is 8.88. The normalized spacial score (nSPS) is 12.0. The van der Waals surface area contributed by atoms with Gasteiger partial charge < -0.3 is 15.0 Å². The lowest BCUT2D eigenvalue weighted by molar-refractivity contribution is -0.903. The van der Waals surface area contributed by atoms with Crippen LogP contribution in [0.4, 0.5) is 5.69 Å². The minimum Gasteiger partial charge on any atom is -0.495 e. The topological polar surface area (TPSA) is 42.8 Å². The van der Waals surface area contributed by atoms with Gasteiger partial charge in [0.1, 0.15) is 12.3 Å². The first-order valence-electron chi connectivity index (χ1n) is 8.88. The third-order valence-corrected chi connectivity index (χ3v) is 4.39. The molecule has 0 aliphatic carbocycles. The molecule has 134 valence electrons. The predicted molar refractivity (Wildman–Crippen MR) is 102 cm³/mol. The molecule has 0 saturated heterocycles. The van der Waals surface area contributed by atoms with Crippen molar-refractivity contribution >= 4 is 11.6 Å². The van der Waals surface area contributed by atoms with Gasteiger partial charge in [0.15, 0.2) is 6.54 Å². The van der Waals surface area contributed by atoms with Crippen molar-refractivity contribution in [3.05, 3.63) is 59.7 Å². The molecule has 1 atom stereocenters. The van der Waals surface area contributed by atoms with Crippen LogP contribution >= 0.6 is 0 Å². The number of benzene rings is 2. The van der Waals surface area contributed by atoms with Crippen molar-refractivity contribution in [3.8, 4) is 5.75 Å². The van der Waals surface area contributed by atoms with E-state index in [1.165, 1.54) is 16.0 Å². The Bertz CT molecular complexity index is 681. The number of methoxy groups -OCH3 is 1. The number of rotatable bonds is 8. The number of quaternary nitrogens is 1. The molecule has 2 N–H and O–H groups in total. The molecule has 0 bridgehead atoms. The molecule has 0 heterocycles. The molecule has 1 unspecified atom stereocenters. The maximum Gasteiger partial charge on any atom is 0.279 e. The van der Waals surface area contributed by atoms with E-state index in [2.05, 4.69) is 50.4 Å². The van der Waals surface area contributed by atoms with Crippen molar-refractivity contribution in [2.24, 2.45) is 0 Å². The Hall–Kier alpha value is -2.33. The monoisotopic (exact) mass is 341 g/mol. The highest BCUT2D eigenvalue weighted by Crippen LogP contribution is 2.22. The number of anilines is 1. The van der Waals surface area contributed by atoms with Crippen LogP contribution in [0.3, 0.4) is 0 Å². The van der Waals surface area contributed by atoms with Crippen molar-refractivity contribution in [1.29, 1.82) is 0 Å². The largest absolute Gasteiger partial charge is 0.495 e. The third kappa shape index (κ3) is 5.61. The molecule has 0 aromatic heterocycles. The quantitative estimate of drug-likeness (QED) is 0.775. The molecule has 4 nitrogen and oxygen atoms in total. The van der Waals surface area contributed by atoms with Crippen molar-refractivity contribution in [3.63, 3.8) is 0 Å². The Labute approximate surface area is 150 Å². The van der Waals surface area contributed by atoms with Crippen LogP contribution in [0, 0.1) is 0 Å². The minimum atomic E-state index is 0.000139. The second-order valence-electron chi connectivity index (χ2n) is 6.60. The summed E-state index contributed by atoms with van der Waals surface area (Å²) in [4.78, 5) is 13.6. The minimum absolute atomic E-state index is 0.000139. The number of hydrogen-bond acceptors (Lipinski definition) is 2. The first kappa shape index (κ1) is 19.0. The van der Waals surface area contributed by atoms with Gasteiger partial charge >= 0.3 is 0 Å². The number of carbonyl (C=O) groups is 1. The lowest BCUT2D eigenvalue weighted by Crippen LogP contribution is -3.11. The van der Waals surface area contributed by atoms with Gasteiger partial charge in [-0.1, -0.05) is 50.2 Å². The maximum absolute atomic E-state index is 12.4. The number of para-hydroxylation sites is 2. The third-order valence-electron chi connectivity index (χ3n) is 4.39. The zero-order chi connectivity index (χ0) is 18.2. The molecule has 0 radical (unpaired) electrons. The molecule has 0 spiro atoms. The molecule has 2 rings (SSSR count). The number of nitrogens with one attached hydrogen (secondary N) is 2. The van der Waals surface area contributed by atoms with Gasteiger partial charge in [0.25, 0.3) is 5.91 Å². The number of carbonyl (C=O) groups excluding carboxylic acids is 1. The Morgan fingerprint density at radius 1 is 1.12 bits per heavy atom. The van der Waals surface area contributed by atoms with E-state index in [1.54, 1.807) is 7.11 Å². The first-order chi connectivity index (χ1) is 12.0. The van der Waals surface area contributed by atoms with Crippen LogP contribution in [0.5, 0.6) is 5.75 Å². The molecule has 0 fully saturated rings. The van der Waals surface area contributed by atoms with Crippen LogP contribution in [0.15, 0.2) is 48.5 Å². The van der Waals surface area contributed by atoms with E-state index < -0.39 is 0 Å². The molecule has 2 aromatic carbocycles. The highest BCUT2D eigenvalue weighted by molar-refractivity contribution is 5.92. The van der Waals surface area contributed by atoms with E-state index in [4.69, 9.17) is 4.74 Å². The van der Waals surface area contributed by atoms with E-state index in [-0.39, 0.29) is 5.91 Å². The summed E-state index contributed by atoms with van der Waals surface area (Å²) in [6, 6.07) is 16.2. The van der Waals surface area contributed by atoms with Crippen LogP contribution in [0.25, 0.3) is 0 Å². The number of amides is 1. The SMILES string of the molecule is CC[NH+](CC(=O)Nc1ccccc1OC)Cc1ccc(C(C)C)cc1. The summed E-state index contributed by atoms with van der Waals surface area (Å²) in [5, 5.41) is 2.95. The second-order valence-corrected chi connectivity index (χ2v) is 6.60. The summed E-state index contributed by atoms with van der Waals surface area (Å²) in [6.45, 7) is 8.66. The van der Waals surface area contributed by atoms with E-state index in [1.807, 2.05) is 24.3 Å². The van der Waals surface area contributed by atoms with E-state index >= 15 is 0 Å². The Balaban J connectivity index is 1.95. The number of likely N-dealkylation sites (N-methyl/N-ethyl adjacent to an activating group) is 1.